The molecule has 24 heavy (non-hydrogen) atoms. The maximum atomic E-state index is 12.7. The maximum absolute atomic E-state index is 12.7. The minimum absolute atomic E-state index is 0.131. The largest absolute Gasteiger partial charge is 0.340 e. The van der Waals surface area contributed by atoms with Crippen LogP contribution in [0.4, 0.5) is 0 Å². The molecule has 0 unspecified atom stereocenters. The van der Waals surface area contributed by atoms with E-state index in [-0.39, 0.29) is 5.91 Å². The van der Waals surface area contributed by atoms with Gasteiger partial charge in [0.25, 0.3) is 5.91 Å². The zero-order chi connectivity index (χ0) is 16.5. The Morgan fingerprint density at radius 3 is 2.75 bits per heavy atom. The van der Waals surface area contributed by atoms with E-state index >= 15 is 0 Å². The molecule has 0 bridgehead atoms. The summed E-state index contributed by atoms with van der Waals surface area (Å²) in [6, 6.07) is 10.1. The summed E-state index contributed by atoms with van der Waals surface area (Å²) in [7, 11) is 0. The van der Waals surface area contributed by atoms with Crippen LogP contribution in [0.1, 0.15) is 21.4 Å². The number of thiophene rings is 1. The van der Waals surface area contributed by atoms with Crippen LogP contribution in [0.3, 0.4) is 0 Å². The van der Waals surface area contributed by atoms with Crippen molar-refractivity contribution in [1.82, 2.24) is 19.9 Å². The van der Waals surface area contributed by atoms with Crippen LogP contribution in [0.5, 0.6) is 0 Å². The molecule has 0 atom stereocenters. The van der Waals surface area contributed by atoms with Crippen molar-refractivity contribution in [1.29, 1.82) is 0 Å². The number of hydrogen-bond donors (Lipinski definition) is 0. The molecule has 1 fully saturated rings. The molecule has 0 aliphatic carbocycles. The topological polar surface area (TPSA) is 62.5 Å². The molecular weight excluding hydrogens is 324 g/mol. The van der Waals surface area contributed by atoms with Crippen LogP contribution in [-0.4, -0.2) is 52.0 Å². The number of amides is 1. The molecule has 1 aliphatic rings. The summed E-state index contributed by atoms with van der Waals surface area (Å²) >= 11 is 1.57. The molecule has 2 aromatic heterocycles. The lowest BCUT2D eigenvalue weighted by Gasteiger charge is -2.33. The number of aromatic nitrogens is 2. The molecule has 6 nitrogen and oxygen atoms in total. The molecule has 0 radical (unpaired) electrons. The van der Waals surface area contributed by atoms with Gasteiger partial charge in [-0.25, -0.2) is 0 Å². The second-order valence-electron chi connectivity index (χ2n) is 5.95. The molecule has 1 aliphatic heterocycles. The molecule has 0 N–H and O–H groups in total. The van der Waals surface area contributed by atoms with Crippen molar-refractivity contribution in [3.8, 4) is 0 Å². The maximum Gasteiger partial charge on any atom is 0.264 e. The third-order valence-electron chi connectivity index (χ3n) is 4.23. The predicted octanol–water partition coefficient (Wildman–Crippen LogP) is 2.55. The van der Waals surface area contributed by atoms with Gasteiger partial charge in [0.1, 0.15) is 0 Å². The Bertz CT molecular complexity index is 831. The van der Waals surface area contributed by atoms with Crippen LogP contribution >= 0.6 is 11.3 Å². The first-order valence-corrected chi connectivity index (χ1v) is 8.80. The average Bonchev–Trinajstić information content (AvgIpc) is 3.21. The SMILES string of the molecule is Cc1nc(CN2CCN(C(=O)c3cc4ccccc4s3)CC2)no1. The Labute approximate surface area is 143 Å². The van der Waals surface area contributed by atoms with Gasteiger partial charge in [-0.1, -0.05) is 23.4 Å². The van der Waals surface area contributed by atoms with Gasteiger partial charge in [0, 0.05) is 37.8 Å². The van der Waals surface area contributed by atoms with E-state index in [1.165, 1.54) is 0 Å². The predicted molar refractivity (Wildman–Crippen MR) is 92.0 cm³/mol. The van der Waals surface area contributed by atoms with Crippen molar-refractivity contribution in [2.45, 2.75) is 13.5 Å². The van der Waals surface area contributed by atoms with Gasteiger partial charge in [-0.05, 0) is 17.5 Å². The molecule has 1 saturated heterocycles. The van der Waals surface area contributed by atoms with Gasteiger partial charge in [-0.3, -0.25) is 9.69 Å². The van der Waals surface area contributed by atoms with Crippen molar-refractivity contribution < 1.29 is 9.32 Å². The molecule has 4 rings (SSSR count). The first kappa shape index (κ1) is 15.3. The first-order chi connectivity index (χ1) is 11.7. The lowest BCUT2D eigenvalue weighted by molar-refractivity contribution is 0.0629. The lowest BCUT2D eigenvalue weighted by Crippen LogP contribution is -2.48. The average molecular weight is 342 g/mol. The molecule has 124 valence electrons. The highest BCUT2D eigenvalue weighted by molar-refractivity contribution is 7.20. The van der Waals surface area contributed by atoms with Gasteiger partial charge in [-0.2, -0.15) is 4.98 Å². The zero-order valence-corrected chi connectivity index (χ0v) is 14.3. The second-order valence-corrected chi connectivity index (χ2v) is 7.03. The van der Waals surface area contributed by atoms with E-state index in [1.807, 2.05) is 29.2 Å². The van der Waals surface area contributed by atoms with Crippen LogP contribution in [0.15, 0.2) is 34.9 Å². The lowest BCUT2D eigenvalue weighted by atomic mass is 10.2. The van der Waals surface area contributed by atoms with Gasteiger partial charge >= 0.3 is 0 Å². The Kier molecular flexibility index (Phi) is 4.03. The molecule has 0 saturated carbocycles. The normalized spacial score (nSPS) is 16.0. The van der Waals surface area contributed by atoms with Crippen LogP contribution in [0, 0.1) is 6.92 Å². The fourth-order valence-electron chi connectivity index (χ4n) is 2.96. The molecule has 0 spiro atoms. The third-order valence-corrected chi connectivity index (χ3v) is 5.33. The van der Waals surface area contributed by atoms with Gasteiger partial charge < -0.3 is 9.42 Å². The van der Waals surface area contributed by atoms with E-state index in [9.17, 15) is 4.79 Å². The van der Waals surface area contributed by atoms with Gasteiger partial charge in [0.05, 0.1) is 11.4 Å². The molecule has 3 aromatic rings. The number of hydrogen-bond acceptors (Lipinski definition) is 6. The minimum atomic E-state index is 0.131. The number of aryl methyl sites for hydroxylation is 1. The molecule has 3 heterocycles. The number of nitrogens with zero attached hydrogens (tertiary/aromatic N) is 4. The fraction of sp³-hybridized carbons (Fsp3) is 0.353. The fourth-order valence-corrected chi connectivity index (χ4v) is 3.99. The van der Waals surface area contributed by atoms with Gasteiger partial charge in [0.2, 0.25) is 5.89 Å². The van der Waals surface area contributed by atoms with Crippen LogP contribution < -0.4 is 0 Å². The van der Waals surface area contributed by atoms with Crippen LogP contribution in [0.25, 0.3) is 10.1 Å². The smallest absolute Gasteiger partial charge is 0.264 e. The standard InChI is InChI=1S/C17H18N4O2S/c1-12-18-16(19-23-12)11-20-6-8-21(9-7-20)17(22)15-10-13-4-2-3-5-14(13)24-15/h2-5,10H,6-9,11H2,1H3. The monoisotopic (exact) mass is 342 g/mol. The highest BCUT2D eigenvalue weighted by Crippen LogP contribution is 2.26. The van der Waals surface area contributed by atoms with Crippen molar-refractivity contribution >= 4 is 27.3 Å². The Balaban J connectivity index is 1.39. The van der Waals surface area contributed by atoms with Crippen LogP contribution in [0.2, 0.25) is 0 Å². The number of carbonyl (C=O) groups is 1. The summed E-state index contributed by atoms with van der Waals surface area (Å²) in [5, 5.41) is 5.07. The zero-order valence-electron chi connectivity index (χ0n) is 13.4. The molecule has 1 aromatic carbocycles. The Hall–Kier alpha value is -2.25. The van der Waals surface area contributed by atoms with Crippen molar-refractivity contribution in [2.24, 2.45) is 0 Å². The number of carbonyl (C=O) groups excluding carboxylic acids is 1. The highest BCUT2D eigenvalue weighted by atomic mass is 32.1. The number of piperazine rings is 1. The van der Waals surface area contributed by atoms with E-state index in [0.717, 1.165) is 41.1 Å². The van der Waals surface area contributed by atoms with Crippen molar-refractivity contribution in [3.63, 3.8) is 0 Å². The summed E-state index contributed by atoms with van der Waals surface area (Å²) < 4.78 is 6.16. The summed E-state index contributed by atoms with van der Waals surface area (Å²) in [4.78, 5) is 21.9. The van der Waals surface area contributed by atoms with Gasteiger partial charge in [-0.15, -0.1) is 11.3 Å². The van der Waals surface area contributed by atoms with Crippen LogP contribution in [-0.2, 0) is 6.54 Å². The van der Waals surface area contributed by atoms with Crippen molar-refractivity contribution in [3.05, 3.63) is 46.9 Å². The van der Waals surface area contributed by atoms with E-state index in [0.29, 0.717) is 18.3 Å². The van der Waals surface area contributed by atoms with E-state index in [2.05, 4.69) is 21.1 Å². The third kappa shape index (κ3) is 3.05. The Morgan fingerprint density at radius 1 is 1.25 bits per heavy atom. The summed E-state index contributed by atoms with van der Waals surface area (Å²) in [6.07, 6.45) is 0. The second kappa shape index (κ2) is 6.33. The van der Waals surface area contributed by atoms with E-state index < -0.39 is 0 Å². The highest BCUT2D eigenvalue weighted by Gasteiger charge is 2.24. The van der Waals surface area contributed by atoms with E-state index in [4.69, 9.17) is 4.52 Å². The van der Waals surface area contributed by atoms with Crippen molar-refractivity contribution in [2.75, 3.05) is 26.2 Å². The number of benzene rings is 1. The van der Waals surface area contributed by atoms with Gasteiger partial charge in [0.15, 0.2) is 5.82 Å². The Morgan fingerprint density at radius 2 is 2.04 bits per heavy atom. The molecule has 1 amide bonds. The first-order valence-electron chi connectivity index (χ1n) is 7.98. The summed E-state index contributed by atoms with van der Waals surface area (Å²) in [5.74, 6) is 1.42. The van der Waals surface area contributed by atoms with E-state index in [1.54, 1.807) is 18.3 Å². The number of fused-ring (bicyclic) bond motifs is 1. The minimum Gasteiger partial charge on any atom is -0.340 e. The molecule has 7 heteroatoms. The quantitative estimate of drug-likeness (QED) is 0.732. The summed E-state index contributed by atoms with van der Waals surface area (Å²) in [6.45, 7) is 5.56. The molecular formula is C17H18N4O2S. The number of rotatable bonds is 3. The summed E-state index contributed by atoms with van der Waals surface area (Å²) in [5.41, 5.74) is 0.